The van der Waals surface area contributed by atoms with E-state index >= 15 is 0 Å². The molecule has 1 amide bonds. The minimum atomic E-state index is -0.645. The highest BCUT2D eigenvalue weighted by Gasteiger charge is 2.45. The second-order valence-electron chi connectivity index (χ2n) is 9.52. The number of nitrogens with zero attached hydrogens (tertiary/aromatic N) is 2. The number of hydrogen-bond acceptors (Lipinski definition) is 5. The fraction of sp³-hybridized carbons (Fsp3) is 0.429. The summed E-state index contributed by atoms with van der Waals surface area (Å²) in [6.07, 6.45) is 1.67. The van der Waals surface area contributed by atoms with Crippen molar-refractivity contribution < 1.29 is 19.4 Å². The van der Waals surface area contributed by atoms with E-state index in [1.54, 1.807) is 23.1 Å². The van der Waals surface area contributed by atoms with E-state index in [4.69, 9.17) is 4.74 Å². The lowest BCUT2D eigenvalue weighted by Crippen LogP contribution is -2.30. The average Bonchev–Trinajstić information content (AvgIpc) is 3.06. The van der Waals surface area contributed by atoms with Crippen molar-refractivity contribution >= 4 is 23.1 Å². The first-order valence-corrected chi connectivity index (χ1v) is 11.9. The zero-order valence-electron chi connectivity index (χ0n) is 21.1. The molecule has 2 aromatic rings. The Bertz CT molecular complexity index is 1070. The summed E-state index contributed by atoms with van der Waals surface area (Å²) in [5.41, 5.74) is 3.31. The first-order chi connectivity index (χ1) is 16.1. The van der Waals surface area contributed by atoms with Gasteiger partial charge in [-0.3, -0.25) is 9.59 Å². The van der Waals surface area contributed by atoms with E-state index in [0.717, 1.165) is 35.4 Å². The largest absolute Gasteiger partial charge is 0.507 e. The zero-order valence-corrected chi connectivity index (χ0v) is 21.1. The minimum Gasteiger partial charge on any atom is -0.507 e. The molecule has 1 aliphatic heterocycles. The molecule has 1 unspecified atom stereocenters. The molecule has 3 rings (SSSR count). The Morgan fingerprint density at radius 1 is 1.12 bits per heavy atom. The van der Waals surface area contributed by atoms with Gasteiger partial charge in [-0.2, -0.15) is 0 Å². The van der Waals surface area contributed by atoms with Gasteiger partial charge in [0.1, 0.15) is 11.5 Å². The summed E-state index contributed by atoms with van der Waals surface area (Å²) in [4.78, 5) is 29.7. The van der Waals surface area contributed by atoms with Gasteiger partial charge in [0.05, 0.1) is 18.2 Å². The third kappa shape index (κ3) is 5.27. The number of aliphatic hydroxyl groups is 1. The number of likely N-dealkylation sites (tertiary alicyclic amines) is 1. The molecule has 1 saturated heterocycles. The van der Waals surface area contributed by atoms with Crippen LogP contribution >= 0.6 is 0 Å². The molecule has 1 atom stereocenters. The standard InChI is InChI=1S/C28H36N2O4/c1-7-8-15-30-25(20-9-12-22(13-10-20)29(5)6)24(27(32)28(30)33)26(31)21-11-14-23(19(4)16-21)34-17-18(2)3/h9-14,16,18,25,31H,7-8,15,17H2,1-6H3/b26-24-. The Morgan fingerprint density at radius 3 is 2.35 bits per heavy atom. The van der Waals surface area contributed by atoms with E-state index in [0.29, 0.717) is 24.6 Å². The van der Waals surface area contributed by atoms with Gasteiger partial charge in [-0.1, -0.05) is 39.3 Å². The molecule has 1 N–H and O–H groups in total. The third-order valence-electron chi connectivity index (χ3n) is 6.04. The van der Waals surface area contributed by atoms with Gasteiger partial charge in [0.25, 0.3) is 11.7 Å². The van der Waals surface area contributed by atoms with Gasteiger partial charge < -0.3 is 19.6 Å². The van der Waals surface area contributed by atoms with Gasteiger partial charge in [-0.15, -0.1) is 0 Å². The van der Waals surface area contributed by atoms with Crippen LogP contribution in [0, 0.1) is 12.8 Å². The van der Waals surface area contributed by atoms with Crippen molar-refractivity contribution in [1.82, 2.24) is 4.90 Å². The van der Waals surface area contributed by atoms with Crippen LogP contribution in [0.5, 0.6) is 5.75 Å². The smallest absolute Gasteiger partial charge is 0.295 e. The summed E-state index contributed by atoms with van der Waals surface area (Å²) in [6.45, 7) is 9.17. The monoisotopic (exact) mass is 464 g/mol. The van der Waals surface area contributed by atoms with Crippen LogP contribution in [0.2, 0.25) is 0 Å². The number of aliphatic hydroxyl groups excluding tert-OH is 1. The lowest BCUT2D eigenvalue weighted by molar-refractivity contribution is -0.139. The average molecular weight is 465 g/mol. The number of unbranched alkanes of at least 4 members (excludes halogenated alkanes) is 1. The molecule has 1 heterocycles. The molecule has 182 valence electrons. The molecular weight excluding hydrogens is 428 g/mol. The van der Waals surface area contributed by atoms with E-state index in [1.165, 1.54) is 0 Å². The molecular formula is C28H36N2O4. The Morgan fingerprint density at radius 2 is 1.79 bits per heavy atom. The van der Waals surface area contributed by atoms with E-state index in [1.807, 2.05) is 57.1 Å². The number of amides is 1. The van der Waals surface area contributed by atoms with Crippen LogP contribution in [0.15, 0.2) is 48.0 Å². The molecule has 0 radical (unpaired) electrons. The lowest BCUT2D eigenvalue weighted by Gasteiger charge is -2.26. The van der Waals surface area contributed by atoms with Crippen LogP contribution in [0.25, 0.3) is 5.76 Å². The summed E-state index contributed by atoms with van der Waals surface area (Å²) in [5, 5.41) is 11.3. The Balaban J connectivity index is 2.07. The lowest BCUT2D eigenvalue weighted by atomic mass is 9.94. The zero-order chi connectivity index (χ0) is 25.0. The normalized spacial score (nSPS) is 17.5. The van der Waals surface area contributed by atoms with E-state index in [2.05, 4.69) is 13.8 Å². The summed E-state index contributed by atoms with van der Waals surface area (Å²) in [7, 11) is 3.92. The van der Waals surface area contributed by atoms with Crippen molar-refractivity contribution in [2.75, 3.05) is 32.1 Å². The summed E-state index contributed by atoms with van der Waals surface area (Å²) in [5.74, 6) is -0.231. The number of Topliss-reactive ketones (excluding diaryl/α,β-unsaturated/α-hetero) is 1. The molecule has 6 heteroatoms. The topological polar surface area (TPSA) is 70.1 Å². The van der Waals surface area contributed by atoms with Crippen LogP contribution in [0.1, 0.15) is 56.3 Å². The minimum absolute atomic E-state index is 0.133. The number of rotatable bonds is 9. The summed E-state index contributed by atoms with van der Waals surface area (Å²) >= 11 is 0. The van der Waals surface area contributed by atoms with Crippen LogP contribution < -0.4 is 9.64 Å². The van der Waals surface area contributed by atoms with Crippen LogP contribution in [0.4, 0.5) is 5.69 Å². The molecule has 34 heavy (non-hydrogen) atoms. The number of carbonyl (C=O) groups is 2. The Kier molecular flexibility index (Phi) is 8.02. The van der Waals surface area contributed by atoms with Crippen molar-refractivity contribution in [2.45, 2.75) is 46.6 Å². The molecule has 6 nitrogen and oxygen atoms in total. The first-order valence-electron chi connectivity index (χ1n) is 11.9. The molecule has 0 aliphatic carbocycles. The number of hydrogen-bond donors (Lipinski definition) is 1. The van der Waals surface area contributed by atoms with Gasteiger partial charge in [-0.05, 0) is 60.7 Å². The fourth-order valence-corrected chi connectivity index (χ4v) is 4.11. The van der Waals surface area contributed by atoms with Gasteiger partial charge >= 0.3 is 0 Å². The van der Waals surface area contributed by atoms with Gasteiger partial charge in [0, 0.05) is 31.9 Å². The molecule has 0 saturated carbocycles. The molecule has 1 fully saturated rings. The van der Waals surface area contributed by atoms with E-state index < -0.39 is 17.7 Å². The third-order valence-corrected chi connectivity index (χ3v) is 6.04. The number of carbonyl (C=O) groups excluding carboxylic acids is 2. The Hall–Kier alpha value is -3.28. The predicted molar refractivity (Wildman–Crippen MR) is 136 cm³/mol. The second-order valence-corrected chi connectivity index (χ2v) is 9.52. The number of benzene rings is 2. The van der Waals surface area contributed by atoms with Crippen LogP contribution in [-0.2, 0) is 9.59 Å². The second kappa shape index (κ2) is 10.8. The van der Waals surface area contributed by atoms with Crippen LogP contribution in [-0.4, -0.2) is 48.9 Å². The summed E-state index contributed by atoms with van der Waals surface area (Å²) in [6, 6.07) is 12.5. The van der Waals surface area contributed by atoms with E-state index in [9.17, 15) is 14.7 Å². The summed E-state index contributed by atoms with van der Waals surface area (Å²) < 4.78 is 5.85. The highest BCUT2D eigenvalue weighted by Crippen LogP contribution is 2.40. The maximum absolute atomic E-state index is 13.1. The molecule has 1 aliphatic rings. The van der Waals surface area contributed by atoms with Crippen molar-refractivity contribution in [3.8, 4) is 5.75 Å². The maximum Gasteiger partial charge on any atom is 0.295 e. The number of aryl methyl sites for hydroxylation is 1. The number of ketones is 1. The van der Waals surface area contributed by atoms with E-state index in [-0.39, 0.29) is 11.3 Å². The van der Waals surface area contributed by atoms with Crippen molar-refractivity contribution in [2.24, 2.45) is 5.92 Å². The highest BCUT2D eigenvalue weighted by atomic mass is 16.5. The molecule has 0 bridgehead atoms. The van der Waals surface area contributed by atoms with Crippen LogP contribution in [0.3, 0.4) is 0 Å². The predicted octanol–water partition coefficient (Wildman–Crippen LogP) is 5.32. The van der Waals surface area contributed by atoms with Gasteiger partial charge in [0.2, 0.25) is 0 Å². The highest BCUT2D eigenvalue weighted by molar-refractivity contribution is 6.46. The first kappa shape index (κ1) is 25.3. The Labute approximate surface area is 202 Å². The van der Waals surface area contributed by atoms with Crippen molar-refractivity contribution in [3.63, 3.8) is 0 Å². The number of ether oxygens (including phenoxy) is 1. The van der Waals surface area contributed by atoms with Crippen molar-refractivity contribution in [3.05, 3.63) is 64.7 Å². The molecule has 2 aromatic carbocycles. The molecule has 0 aromatic heterocycles. The van der Waals surface area contributed by atoms with Crippen molar-refractivity contribution in [1.29, 1.82) is 0 Å². The number of anilines is 1. The van der Waals surface area contributed by atoms with Gasteiger partial charge in [0.15, 0.2) is 0 Å². The maximum atomic E-state index is 13.1. The van der Waals surface area contributed by atoms with Gasteiger partial charge in [-0.25, -0.2) is 0 Å². The fourth-order valence-electron chi connectivity index (χ4n) is 4.11. The SMILES string of the molecule is CCCCN1C(=O)C(=O)/C(=C(\O)c2ccc(OCC(C)C)c(C)c2)C1c1ccc(N(C)C)cc1. The quantitative estimate of drug-likeness (QED) is 0.309. The molecule has 0 spiro atoms.